The number of halogens is 1. The minimum absolute atomic E-state index is 0.0661. The van der Waals surface area contributed by atoms with Crippen molar-refractivity contribution >= 4 is 15.9 Å². The van der Waals surface area contributed by atoms with Crippen LogP contribution in [0.3, 0.4) is 0 Å². The standard InChI is InChI=1S/C20H24FN3O3S/c1-16-6-2-3-7-17(16)14-22-20(25)15-23-10-12-24(13-11-23)28(26,27)19-9-5-4-8-18(19)21/h2-9H,10-15H2,1H3,(H,22,25)/p+1. The van der Waals surface area contributed by atoms with Gasteiger partial charge in [-0.15, -0.1) is 0 Å². The van der Waals surface area contributed by atoms with Crippen LogP contribution >= 0.6 is 0 Å². The number of hydrogen-bond acceptors (Lipinski definition) is 3. The van der Waals surface area contributed by atoms with Crippen molar-refractivity contribution in [1.29, 1.82) is 0 Å². The number of amides is 1. The fourth-order valence-corrected chi connectivity index (χ4v) is 4.81. The second kappa shape index (κ2) is 8.81. The number of hydrogen-bond donors (Lipinski definition) is 2. The lowest BCUT2D eigenvalue weighted by atomic mass is 10.1. The highest BCUT2D eigenvalue weighted by molar-refractivity contribution is 7.89. The van der Waals surface area contributed by atoms with Gasteiger partial charge in [0.2, 0.25) is 10.0 Å². The maximum Gasteiger partial charge on any atom is 0.275 e. The monoisotopic (exact) mass is 406 g/mol. The van der Waals surface area contributed by atoms with Crippen molar-refractivity contribution in [2.24, 2.45) is 0 Å². The molecule has 1 aliphatic heterocycles. The average molecular weight is 407 g/mol. The van der Waals surface area contributed by atoms with E-state index in [0.717, 1.165) is 22.1 Å². The summed E-state index contributed by atoms with van der Waals surface area (Å²) in [6, 6.07) is 13.3. The summed E-state index contributed by atoms with van der Waals surface area (Å²) in [5.41, 5.74) is 2.20. The molecule has 28 heavy (non-hydrogen) atoms. The predicted molar refractivity (Wildman–Crippen MR) is 104 cm³/mol. The first-order chi connectivity index (χ1) is 13.4. The summed E-state index contributed by atoms with van der Waals surface area (Å²) in [4.78, 5) is 12.9. The number of benzene rings is 2. The zero-order valence-corrected chi connectivity index (χ0v) is 16.6. The van der Waals surface area contributed by atoms with Gasteiger partial charge in [0.15, 0.2) is 6.54 Å². The summed E-state index contributed by atoms with van der Waals surface area (Å²) in [6.45, 7) is 4.30. The minimum Gasteiger partial charge on any atom is -0.347 e. The van der Waals surface area contributed by atoms with Gasteiger partial charge in [0.25, 0.3) is 5.91 Å². The lowest BCUT2D eigenvalue weighted by Crippen LogP contribution is -3.15. The number of carbonyl (C=O) groups excluding carboxylic acids is 1. The Labute approximate surface area is 165 Å². The van der Waals surface area contributed by atoms with Crippen molar-refractivity contribution in [3.8, 4) is 0 Å². The van der Waals surface area contributed by atoms with Crippen LogP contribution in [0.25, 0.3) is 0 Å². The molecule has 1 amide bonds. The average Bonchev–Trinajstić information content (AvgIpc) is 2.68. The van der Waals surface area contributed by atoms with E-state index in [1.807, 2.05) is 31.2 Å². The van der Waals surface area contributed by atoms with Gasteiger partial charge in [0.1, 0.15) is 10.7 Å². The molecule has 150 valence electrons. The number of carbonyl (C=O) groups is 1. The van der Waals surface area contributed by atoms with Crippen LogP contribution in [0.1, 0.15) is 11.1 Å². The van der Waals surface area contributed by atoms with Gasteiger partial charge in [-0.05, 0) is 30.2 Å². The second-order valence-electron chi connectivity index (χ2n) is 6.96. The first-order valence-electron chi connectivity index (χ1n) is 9.27. The lowest BCUT2D eigenvalue weighted by Gasteiger charge is -2.31. The fraction of sp³-hybridized carbons (Fsp3) is 0.350. The van der Waals surface area contributed by atoms with Crippen LogP contribution in [-0.4, -0.2) is 51.4 Å². The number of piperazine rings is 1. The number of nitrogens with one attached hydrogen (secondary N) is 2. The van der Waals surface area contributed by atoms with Crippen molar-refractivity contribution in [1.82, 2.24) is 9.62 Å². The van der Waals surface area contributed by atoms with Crippen molar-refractivity contribution in [3.05, 3.63) is 65.5 Å². The maximum absolute atomic E-state index is 13.9. The normalized spacial score (nSPS) is 16.1. The zero-order chi connectivity index (χ0) is 20.1. The number of sulfonamides is 1. The zero-order valence-electron chi connectivity index (χ0n) is 15.8. The number of rotatable bonds is 6. The summed E-state index contributed by atoms with van der Waals surface area (Å²) >= 11 is 0. The van der Waals surface area contributed by atoms with Crippen LogP contribution in [0.2, 0.25) is 0 Å². The quantitative estimate of drug-likeness (QED) is 0.727. The van der Waals surface area contributed by atoms with Crippen molar-refractivity contribution in [2.45, 2.75) is 18.4 Å². The molecule has 0 bridgehead atoms. The maximum atomic E-state index is 13.9. The summed E-state index contributed by atoms with van der Waals surface area (Å²) in [5, 5.41) is 2.92. The molecule has 0 saturated carbocycles. The molecule has 0 aromatic heterocycles. The molecule has 6 nitrogen and oxygen atoms in total. The van der Waals surface area contributed by atoms with Crippen LogP contribution < -0.4 is 10.2 Å². The van der Waals surface area contributed by atoms with Crippen LogP contribution in [0.5, 0.6) is 0 Å². The van der Waals surface area contributed by atoms with Crippen LogP contribution in [0.15, 0.2) is 53.4 Å². The van der Waals surface area contributed by atoms with Gasteiger partial charge < -0.3 is 10.2 Å². The number of aryl methyl sites for hydroxylation is 1. The van der Waals surface area contributed by atoms with Gasteiger partial charge >= 0.3 is 0 Å². The van der Waals surface area contributed by atoms with Gasteiger partial charge in [-0.3, -0.25) is 4.79 Å². The highest BCUT2D eigenvalue weighted by Crippen LogP contribution is 2.18. The van der Waals surface area contributed by atoms with Crippen molar-refractivity contribution < 1.29 is 22.5 Å². The van der Waals surface area contributed by atoms with Gasteiger partial charge in [-0.2, -0.15) is 4.31 Å². The summed E-state index contributed by atoms with van der Waals surface area (Å²) < 4.78 is 40.4. The molecule has 0 radical (unpaired) electrons. The van der Waals surface area contributed by atoms with Crippen LogP contribution in [0, 0.1) is 12.7 Å². The molecule has 2 N–H and O–H groups in total. The fourth-order valence-electron chi connectivity index (χ4n) is 3.30. The Morgan fingerprint density at radius 1 is 1.11 bits per heavy atom. The highest BCUT2D eigenvalue weighted by atomic mass is 32.2. The third-order valence-electron chi connectivity index (χ3n) is 5.03. The van der Waals surface area contributed by atoms with E-state index in [2.05, 4.69) is 5.32 Å². The van der Waals surface area contributed by atoms with E-state index in [-0.39, 0.29) is 23.9 Å². The third kappa shape index (κ3) is 4.76. The van der Waals surface area contributed by atoms with Gasteiger partial charge in [0.05, 0.1) is 26.2 Å². The van der Waals surface area contributed by atoms with E-state index < -0.39 is 15.8 Å². The van der Waals surface area contributed by atoms with E-state index in [1.165, 1.54) is 22.5 Å². The molecule has 0 spiro atoms. The molecule has 2 aromatic rings. The Hall–Kier alpha value is -2.29. The second-order valence-corrected chi connectivity index (χ2v) is 8.87. The first kappa shape index (κ1) is 20.4. The smallest absolute Gasteiger partial charge is 0.275 e. The Balaban J connectivity index is 1.51. The van der Waals surface area contributed by atoms with Crippen LogP contribution in [-0.2, 0) is 21.4 Å². The SMILES string of the molecule is Cc1ccccc1CNC(=O)C[NH+]1CCN(S(=O)(=O)c2ccccc2F)CC1. The molecule has 1 fully saturated rings. The number of quaternary nitrogens is 1. The summed E-state index contributed by atoms with van der Waals surface area (Å²) in [5.74, 6) is -0.809. The lowest BCUT2D eigenvalue weighted by molar-refractivity contribution is -0.895. The molecule has 2 aromatic carbocycles. The Morgan fingerprint density at radius 3 is 2.43 bits per heavy atom. The molecule has 1 saturated heterocycles. The summed E-state index contributed by atoms with van der Waals surface area (Å²) in [6.07, 6.45) is 0. The molecular weight excluding hydrogens is 381 g/mol. The number of nitrogens with zero attached hydrogens (tertiary/aromatic N) is 1. The largest absolute Gasteiger partial charge is 0.347 e. The van der Waals surface area contributed by atoms with E-state index in [1.54, 1.807) is 0 Å². The molecule has 8 heteroatoms. The highest BCUT2D eigenvalue weighted by Gasteiger charge is 2.32. The van der Waals surface area contributed by atoms with Gasteiger partial charge in [0, 0.05) is 6.54 Å². The minimum atomic E-state index is -3.85. The molecular formula is C20H25FN3O3S+. The molecule has 1 heterocycles. The Morgan fingerprint density at radius 2 is 1.75 bits per heavy atom. The third-order valence-corrected chi connectivity index (χ3v) is 6.96. The molecule has 3 rings (SSSR count). The predicted octanol–water partition coefficient (Wildman–Crippen LogP) is 0.340. The molecule has 0 unspecified atom stereocenters. The van der Waals surface area contributed by atoms with Crippen molar-refractivity contribution in [2.75, 3.05) is 32.7 Å². The van der Waals surface area contributed by atoms with Crippen molar-refractivity contribution in [3.63, 3.8) is 0 Å². The first-order valence-corrected chi connectivity index (χ1v) is 10.7. The topological polar surface area (TPSA) is 70.9 Å². The van der Waals surface area contributed by atoms with E-state index in [9.17, 15) is 17.6 Å². The Bertz CT molecular complexity index is 941. The van der Waals surface area contributed by atoms with E-state index >= 15 is 0 Å². The molecule has 1 aliphatic rings. The summed E-state index contributed by atoms with van der Waals surface area (Å²) in [7, 11) is -3.85. The van der Waals surface area contributed by atoms with E-state index in [4.69, 9.17) is 0 Å². The molecule has 0 atom stereocenters. The van der Waals surface area contributed by atoms with Gasteiger partial charge in [-0.25, -0.2) is 12.8 Å². The molecule has 0 aliphatic carbocycles. The van der Waals surface area contributed by atoms with E-state index in [0.29, 0.717) is 26.2 Å². The Kier molecular flexibility index (Phi) is 6.43. The van der Waals surface area contributed by atoms with Gasteiger partial charge in [-0.1, -0.05) is 36.4 Å². The van der Waals surface area contributed by atoms with Crippen LogP contribution in [0.4, 0.5) is 4.39 Å².